The van der Waals surface area contributed by atoms with E-state index < -0.39 is 22.8 Å². The number of benzene rings is 2. The Balaban J connectivity index is 1.26. The zero-order chi connectivity index (χ0) is 30.8. The van der Waals surface area contributed by atoms with Crippen LogP contribution in [0.15, 0.2) is 83.2 Å². The second kappa shape index (κ2) is 14.8. The highest BCUT2D eigenvalue weighted by molar-refractivity contribution is 5.99. The van der Waals surface area contributed by atoms with Crippen molar-refractivity contribution < 1.29 is 28.7 Å². The minimum atomic E-state index is -0.876. The number of nitro groups is 1. The first-order valence-corrected chi connectivity index (χ1v) is 14.2. The molecular formula is C32H36N4O7. The Morgan fingerprint density at radius 1 is 0.884 bits per heavy atom. The van der Waals surface area contributed by atoms with Crippen LogP contribution in [0.4, 0.5) is 5.69 Å². The number of aromatic nitrogens is 2. The highest BCUT2D eigenvalue weighted by Gasteiger charge is 2.38. The van der Waals surface area contributed by atoms with Gasteiger partial charge in [-0.25, -0.2) is 9.59 Å². The van der Waals surface area contributed by atoms with Gasteiger partial charge in [-0.1, -0.05) is 61.7 Å². The van der Waals surface area contributed by atoms with Gasteiger partial charge in [0.1, 0.15) is 0 Å². The summed E-state index contributed by atoms with van der Waals surface area (Å²) in [5, 5.41) is 21.7. The molecule has 11 heteroatoms. The molecule has 0 saturated carbocycles. The molecule has 1 unspecified atom stereocenters. The fourth-order valence-corrected chi connectivity index (χ4v) is 5.09. The average molecular weight is 589 g/mol. The molecule has 4 rings (SSSR count). The molecule has 0 saturated heterocycles. The first-order valence-electron chi connectivity index (χ1n) is 14.2. The number of ether oxygens (including phenoxy) is 3. The third-order valence-electron chi connectivity index (χ3n) is 7.21. The molecular weight excluding hydrogens is 552 g/mol. The van der Waals surface area contributed by atoms with Crippen molar-refractivity contribution in [2.75, 3.05) is 20.3 Å². The van der Waals surface area contributed by atoms with Crippen LogP contribution in [0.2, 0.25) is 0 Å². The first-order chi connectivity index (χ1) is 20.8. The van der Waals surface area contributed by atoms with Crippen molar-refractivity contribution >= 4 is 17.6 Å². The number of unbranched alkanes of at least 4 members (excludes halogenated alkanes) is 4. The number of nitrogens with zero attached hydrogens (tertiary/aromatic N) is 2. The van der Waals surface area contributed by atoms with Crippen molar-refractivity contribution in [2.24, 2.45) is 0 Å². The van der Waals surface area contributed by atoms with Gasteiger partial charge in [-0.2, -0.15) is 0 Å². The summed E-state index contributed by atoms with van der Waals surface area (Å²) in [7, 11) is 1.25. The average Bonchev–Trinajstić information content (AvgIpc) is 3.49. The number of hydrogen-bond acceptors (Lipinski definition) is 9. The Labute approximate surface area is 250 Å². The van der Waals surface area contributed by atoms with E-state index in [0.717, 1.165) is 36.9 Å². The van der Waals surface area contributed by atoms with Gasteiger partial charge in [0.25, 0.3) is 5.69 Å². The molecule has 2 heterocycles. The summed E-state index contributed by atoms with van der Waals surface area (Å²) < 4.78 is 16.4. The molecule has 0 spiro atoms. The van der Waals surface area contributed by atoms with Gasteiger partial charge in [0.15, 0.2) is 0 Å². The molecule has 2 N–H and O–H groups in total. The van der Waals surface area contributed by atoms with Gasteiger partial charge in [-0.3, -0.25) is 15.2 Å². The molecule has 226 valence electrons. The minimum Gasteiger partial charge on any atom is -0.477 e. The molecule has 1 aliphatic heterocycles. The van der Waals surface area contributed by atoms with Gasteiger partial charge in [-0.05, 0) is 37.8 Å². The number of aromatic amines is 1. The minimum absolute atomic E-state index is 0.144. The van der Waals surface area contributed by atoms with Crippen molar-refractivity contribution in [1.29, 1.82) is 0 Å². The maximum atomic E-state index is 13.3. The monoisotopic (exact) mass is 588 g/mol. The Bertz CT molecular complexity index is 1510. The summed E-state index contributed by atoms with van der Waals surface area (Å²) in [5.41, 5.74) is 3.68. The number of carbonyl (C=O) groups is 2. The molecule has 1 aromatic heterocycles. The topological polar surface area (TPSA) is 146 Å². The van der Waals surface area contributed by atoms with E-state index >= 15 is 0 Å². The molecule has 3 aromatic rings. The SMILES string of the molecule is COC(=O)C1=C(C)NC(C)=C(C(=O)OCCCCCCCOc2cc(-c3ccccc3)[nH]n2)C1c1cccc([N+](=O)[O-])c1. The predicted octanol–water partition coefficient (Wildman–Crippen LogP) is 5.97. The van der Waals surface area contributed by atoms with E-state index in [1.54, 1.807) is 19.9 Å². The Hall–Kier alpha value is -4.93. The third-order valence-corrected chi connectivity index (χ3v) is 7.21. The van der Waals surface area contributed by atoms with Crippen molar-refractivity contribution in [1.82, 2.24) is 15.5 Å². The van der Waals surface area contributed by atoms with Crippen LogP contribution >= 0.6 is 0 Å². The highest BCUT2D eigenvalue weighted by atomic mass is 16.6. The van der Waals surface area contributed by atoms with Gasteiger partial charge in [0.05, 0.1) is 48.0 Å². The van der Waals surface area contributed by atoms with Crippen LogP contribution in [0.3, 0.4) is 0 Å². The highest BCUT2D eigenvalue weighted by Crippen LogP contribution is 2.40. The number of carbonyl (C=O) groups excluding carboxylic acids is 2. The van der Waals surface area contributed by atoms with Crippen LogP contribution in [0.5, 0.6) is 5.88 Å². The van der Waals surface area contributed by atoms with Gasteiger partial charge in [-0.15, -0.1) is 5.10 Å². The first kappa shape index (κ1) is 31.0. The zero-order valence-corrected chi connectivity index (χ0v) is 24.6. The normalized spacial score (nSPS) is 14.7. The standard InChI is InChI=1S/C32H36N4O7/c1-21-28(31(37)41-3)30(24-15-12-16-25(19-24)36(39)40)29(22(2)33-21)32(38)43-18-11-6-4-5-10-17-42-27-20-26(34-35-27)23-13-8-7-9-14-23/h7-9,12-16,19-20,30,33H,4-6,10-11,17-18H2,1-3H3,(H,34,35). The van der Waals surface area contributed by atoms with E-state index in [2.05, 4.69) is 15.5 Å². The van der Waals surface area contributed by atoms with Crippen LogP contribution in [0.25, 0.3) is 11.3 Å². The smallest absolute Gasteiger partial charge is 0.336 e. The van der Waals surface area contributed by atoms with Crippen molar-refractivity contribution in [3.05, 3.63) is 98.9 Å². The van der Waals surface area contributed by atoms with Crippen molar-refractivity contribution in [3.63, 3.8) is 0 Å². The summed E-state index contributed by atoms with van der Waals surface area (Å²) in [6.07, 6.45) is 4.32. The third kappa shape index (κ3) is 7.88. The quantitative estimate of drug-likeness (QED) is 0.101. The van der Waals surface area contributed by atoms with Crippen LogP contribution < -0.4 is 10.1 Å². The summed E-state index contributed by atoms with van der Waals surface area (Å²) in [4.78, 5) is 37.0. The van der Waals surface area contributed by atoms with Crippen LogP contribution in [-0.4, -0.2) is 47.4 Å². The van der Waals surface area contributed by atoms with Gasteiger partial charge in [0, 0.05) is 29.6 Å². The van der Waals surface area contributed by atoms with E-state index in [4.69, 9.17) is 14.2 Å². The lowest BCUT2D eigenvalue weighted by Crippen LogP contribution is -2.32. The molecule has 0 aliphatic carbocycles. The maximum Gasteiger partial charge on any atom is 0.336 e. The van der Waals surface area contributed by atoms with Crippen LogP contribution in [-0.2, 0) is 19.1 Å². The number of allylic oxidation sites excluding steroid dienone is 2. The fraction of sp³-hybridized carbons (Fsp3) is 0.344. The fourth-order valence-electron chi connectivity index (χ4n) is 5.09. The molecule has 2 aromatic carbocycles. The number of dihydropyridines is 1. The van der Waals surface area contributed by atoms with E-state index in [0.29, 0.717) is 35.9 Å². The maximum absolute atomic E-state index is 13.3. The summed E-state index contributed by atoms with van der Waals surface area (Å²) in [5.74, 6) is -1.53. The molecule has 0 amide bonds. The summed E-state index contributed by atoms with van der Waals surface area (Å²) >= 11 is 0. The lowest BCUT2D eigenvalue weighted by molar-refractivity contribution is -0.384. The molecule has 0 fully saturated rings. The second-order valence-electron chi connectivity index (χ2n) is 10.2. The van der Waals surface area contributed by atoms with E-state index in [1.807, 2.05) is 36.4 Å². The second-order valence-corrected chi connectivity index (χ2v) is 10.2. The van der Waals surface area contributed by atoms with Crippen molar-refractivity contribution in [2.45, 2.75) is 51.9 Å². The molecule has 0 bridgehead atoms. The molecule has 43 heavy (non-hydrogen) atoms. The number of nitro benzene ring substituents is 1. The lowest BCUT2D eigenvalue weighted by atomic mass is 9.80. The zero-order valence-electron chi connectivity index (χ0n) is 24.6. The number of non-ortho nitro benzene ring substituents is 1. The molecule has 1 atom stereocenters. The lowest BCUT2D eigenvalue weighted by Gasteiger charge is -2.30. The Morgan fingerprint density at radius 3 is 2.26 bits per heavy atom. The predicted molar refractivity (Wildman–Crippen MR) is 160 cm³/mol. The number of hydrogen-bond donors (Lipinski definition) is 2. The van der Waals surface area contributed by atoms with E-state index in [1.165, 1.54) is 25.3 Å². The number of methoxy groups -OCH3 is 1. The van der Waals surface area contributed by atoms with Gasteiger partial charge < -0.3 is 19.5 Å². The Morgan fingerprint density at radius 2 is 1.56 bits per heavy atom. The van der Waals surface area contributed by atoms with E-state index in [9.17, 15) is 19.7 Å². The molecule has 0 radical (unpaired) electrons. The summed E-state index contributed by atoms with van der Waals surface area (Å²) in [6.45, 7) is 4.18. The number of rotatable bonds is 14. The van der Waals surface area contributed by atoms with Gasteiger partial charge >= 0.3 is 11.9 Å². The molecule has 11 nitrogen and oxygen atoms in total. The number of H-pyrrole nitrogens is 1. The van der Waals surface area contributed by atoms with Gasteiger partial charge in [0.2, 0.25) is 5.88 Å². The van der Waals surface area contributed by atoms with Crippen LogP contribution in [0.1, 0.15) is 57.4 Å². The van der Waals surface area contributed by atoms with E-state index in [-0.39, 0.29) is 23.4 Å². The number of nitrogens with one attached hydrogen (secondary N) is 2. The van der Waals surface area contributed by atoms with Crippen LogP contribution in [0, 0.1) is 10.1 Å². The largest absolute Gasteiger partial charge is 0.477 e. The number of esters is 2. The molecule has 1 aliphatic rings. The van der Waals surface area contributed by atoms with Crippen molar-refractivity contribution in [3.8, 4) is 17.1 Å². The Kier molecular flexibility index (Phi) is 10.7. The summed E-state index contributed by atoms with van der Waals surface area (Å²) in [6, 6.07) is 17.7.